The summed E-state index contributed by atoms with van der Waals surface area (Å²) in [4.78, 5) is 42.2. The van der Waals surface area contributed by atoms with Crippen molar-refractivity contribution in [1.82, 2.24) is 9.55 Å². The number of esters is 1. The lowest BCUT2D eigenvalue weighted by Crippen LogP contribution is -2.25. The van der Waals surface area contributed by atoms with Crippen LogP contribution in [-0.4, -0.2) is 28.0 Å². The Hall–Kier alpha value is -4.46. The molecule has 1 N–H and O–H groups in total. The van der Waals surface area contributed by atoms with E-state index >= 15 is 0 Å². The highest BCUT2D eigenvalue weighted by molar-refractivity contribution is 5.97. The molecule has 2 aromatic heterocycles. The summed E-state index contributed by atoms with van der Waals surface area (Å²) in [5.74, 6) is -0.204. The van der Waals surface area contributed by atoms with Crippen LogP contribution in [0.1, 0.15) is 23.0 Å². The Morgan fingerprint density at radius 1 is 1.00 bits per heavy atom. The molecule has 0 saturated heterocycles. The quantitative estimate of drug-likeness (QED) is 0.415. The van der Waals surface area contributed by atoms with E-state index in [0.29, 0.717) is 34.8 Å². The number of carbonyl (C=O) groups excluding carboxylic acids is 2. The first-order valence-electron chi connectivity index (χ1n) is 10.8. The Labute approximate surface area is 195 Å². The third kappa shape index (κ3) is 5.12. The van der Waals surface area contributed by atoms with Gasteiger partial charge in [-0.05, 0) is 50.2 Å². The second kappa shape index (κ2) is 9.99. The van der Waals surface area contributed by atoms with Gasteiger partial charge in [0.05, 0.1) is 5.39 Å². The lowest BCUT2D eigenvalue weighted by molar-refractivity contribution is -0.119. The number of para-hydroxylation sites is 1. The van der Waals surface area contributed by atoms with E-state index in [1.54, 1.807) is 41.0 Å². The number of aromatic nitrogens is 2. The second-order valence-electron chi connectivity index (χ2n) is 7.55. The summed E-state index contributed by atoms with van der Waals surface area (Å²) in [5.41, 5.74) is 1.11. The average Bonchev–Trinajstić information content (AvgIpc) is 2.83. The lowest BCUT2D eigenvalue weighted by Gasteiger charge is -2.11. The molecule has 4 aromatic rings. The van der Waals surface area contributed by atoms with Gasteiger partial charge in [-0.1, -0.05) is 24.3 Å². The highest BCUT2D eigenvalue weighted by Gasteiger charge is 2.18. The summed E-state index contributed by atoms with van der Waals surface area (Å²) in [6.07, 6.45) is 1.42. The van der Waals surface area contributed by atoms with Crippen molar-refractivity contribution in [3.8, 4) is 11.5 Å². The third-order valence-electron chi connectivity index (χ3n) is 5.05. The van der Waals surface area contributed by atoms with Gasteiger partial charge in [-0.15, -0.1) is 0 Å². The minimum atomic E-state index is -0.869. The average molecular weight is 457 g/mol. The predicted octanol–water partition coefficient (Wildman–Crippen LogP) is 4.31. The number of benzene rings is 2. The number of rotatable bonds is 7. The molecule has 1 amide bonds. The van der Waals surface area contributed by atoms with Gasteiger partial charge in [-0.25, -0.2) is 9.78 Å². The maximum Gasteiger partial charge on any atom is 0.344 e. The molecule has 4 rings (SSSR count). The summed E-state index contributed by atoms with van der Waals surface area (Å²) >= 11 is 0. The van der Waals surface area contributed by atoms with Crippen molar-refractivity contribution in [2.24, 2.45) is 0 Å². The molecule has 0 saturated carbocycles. The van der Waals surface area contributed by atoms with Crippen LogP contribution in [0.5, 0.6) is 11.5 Å². The summed E-state index contributed by atoms with van der Waals surface area (Å²) in [6, 6.07) is 19.4. The summed E-state index contributed by atoms with van der Waals surface area (Å²) in [6.45, 7) is 3.67. The summed E-state index contributed by atoms with van der Waals surface area (Å²) in [5, 5.41) is 2.98. The van der Waals surface area contributed by atoms with Crippen LogP contribution >= 0.6 is 0 Å². The van der Waals surface area contributed by atoms with Crippen LogP contribution in [0.3, 0.4) is 0 Å². The van der Waals surface area contributed by atoms with Crippen LogP contribution in [0.15, 0.2) is 77.7 Å². The second-order valence-corrected chi connectivity index (χ2v) is 7.55. The van der Waals surface area contributed by atoms with E-state index in [4.69, 9.17) is 9.47 Å². The Morgan fingerprint density at radius 2 is 1.76 bits per heavy atom. The highest BCUT2D eigenvalue weighted by atomic mass is 16.5. The molecular formula is C26H23N3O5. The monoisotopic (exact) mass is 457 g/mol. The van der Waals surface area contributed by atoms with Gasteiger partial charge in [0, 0.05) is 30.2 Å². The molecule has 2 aromatic carbocycles. The van der Waals surface area contributed by atoms with Crippen molar-refractivity contribution >= 4 is 28.6 Å². The molecule has 0 aliphatic heterocycles. The minimum absolute atomic E-state index is 0.147. The standard InChI is InChI=1S/C26H23N3O5/c1-3-29-15-22(24(31)21-13-12-17(2)27-25(21)29)26(32)33-16-23(30)28-18-8-7-11-20(14-18)34-19-9-5-4-6-10-19/h4-15H,3,16H2,1-2H3,(H,28,30). The molecule has 0 atom stereocenters. The van der Waals surface area contributed by atoms with E-state index in [-0.39, 0.29) is 5.56 Å². The van der Waals surface area contributed by atoms with Crippen molar-refractivity contribution in [2.75, 3.05) is 11.9 Å². The zero-order valence-electron chi connectivity index (χ0n) is 18.8. The number of hydrogen-bond acceptors (Lipinski definition) is 6. The van der Waals surface area contributed by atoms with Crippen LogP contribution in [0.2, 0.25) is 0 Å². The first kappa shape index (κ1) is 22.7. The van der Waals surface area contributed by atoms with E-state index in [2.05, 4.69) is 10.3 Å². The molecule has 0 spiro atoms. The Bertz CT molecular complexity index is 1410. The fraction of sp³-hybridized carbons (Fsp3) is 0.154. The Balaban J connectivity index is 1.43. The number of amides is 1. The van der Waals surface area contributed by atoms with Gasteiger partial charge in [0.2, 0.25) is 5.43 Å². The fourth-order valence-corrected chi connectivity index (χ4v) is 3.41. The van der Waals surface area contributed by atoms with E-state index in [0.717, 1.165) is 5.69 Å². The number of hydrogen-bond donors (Lipinski definition) is 1. The van der Waals surface area contributed by atoms with E-state index in [1.807, 2.05) is 44.2 Å². The minimum Gasteiger partial charge on any atom is -0.457 e. The molecule has 2 heterocycles. The Morgan fingerprint density at radius 3 is 2.53 bits per heavy atom. The van der Waals surface area contributed by atoms with Crippen molar-refractivity contribution in [3.05, 3.63) is 94.4 Å². The summed E-state index contributed by atoms with van der Waals surface area (Å²) in [7, 11) is 0. The zero-order chi connectivity index (χ0) is 24.1. The van der Waals surface area contributed by atoms with Crippen molar-refractivity contribution < 1.29 is 19.1 Å². The van der Waals surface area contributed by atoms with Crippen molar-refractivity contribution in [1.29, 1.82) is 0 Å². The van der Waals surface area contributed by atoms with Gasteiger partial charge in [-0.3, -0.25) is 9.59 Å². The maximum absolute atomic E-state index is 12.8. The van der Waals surface area contributed by atoms with Crippen molar-refractivity contribution in [2.45, 2.75) is 20.4 Å². The molecular weight excluding hydrogens is 434 g/mol. The highest BCUT2D eigenvalue weighted by Crippen LogP contribution is 2.23. The van der Waals surface area contributed by atoms with Crippen LogP contribution in [-0.2, 0) is 16.1 Å². The topological polar surface area (TPSA) is 99.5 Å². The molecule has 0 radical (unpaired) electrons. The number of carbonyl (C=O) groups is 2. The third-order valence-corrected chi connectivity index (χ3v) is 5.05. The van der Waals surface area contributed by atoms with E-state index in [1.165, 1.54) is 6.20 Å². The molecule has 0 aliphatic rings. The number of anilines is 1. The lowest BCUT2D eigenvalue weighted by atomic mass is 10.2. The number of ether oxygens (including phenoxy) is 2. The maximum atomic E-state index is 12.8. The molecule has 172 valence electrons. The van der Waals surface area contributed by atoms with Gasteiger partial charge < -0.3 is 19.4 Å². The summed E-state index contributed by atoms with van der Waals surface area (Å²) < 4.78 is 12.6. The number of fused-ring (bicyclic) bond motifs is 1. The van der Waals surface area contributed by atoms with Gasteiger partial charge in [0.25, 0.3) is 5.91 Å². The molecule has 8 nitrogen and oxygen atoms in total. The zero-order valence-corrected chi connectivity index (χ0v) is 18.8. The van der Waals surface area contributed by atoms with Crippen molar-refractivity contribution in [3.63, 3.8) is 0 Å². The Kier molecular flexibility index (Phi) is 6.68. The number of nitrogens with zero attached hydrogens (tertiary/aromatic N) is 2. The van der Waals surface area contributed by atoms with Gasteiger partial charge >= 0.3 is 5.97 Å². The number of pyridine rings is 2. The number of nitrogens with one attached hydrogen (secondary N) is 1. The molecule has 0 aliphatic carbocycles. The first-order chi connectivity index (χ1) is 16.4. The van der Waals surface area contributed by atoms with Crippen LogP contribution in [0.25, 0.3) is 11.0 Å². The van der Waals surface area contributed by atoms with Crippen LogP contribution < -0.4 is 15.5 Å². The normalized spacial score (nSPS) is 10.6. The van der Waals surface area contributed by atoms with Crippen LogP contribution in [0, 0.1) is 6.92 Å². The molecule has 0 fully saturated rings. The van der Waals surface area contributed by atoms with E-state index in [9.17, 15) is 14.4 Å². The molecule has 34 heavy (non-hydrogen) atoms. The van der Waals surface area contributed by atoms with Gasteiger partial charge in [0.15, 0.2) is 6.61 Å². The fourth-order valence-electron chi connectivity index (χ4n) is 3.41. The van der Waals surface area contributed by atoms with Gasteiger partial charge in [-0.2, -0.15) is 0 Å². The molecule has 0 bridgehead atoms. The molecule has 0 unspecified atom stereocenters. The largest absolute Gasteiger partial charge is 0.457 e. The number of aryl methyl sites for hydroxylation is 2. The molecule has 8 heteroatoms. The smallest absolute Gasteiger partial charge is 0.344 e. The predicted molar refractivity (Wildman–Crippen MR) is 128 cm³/mol. The van der Waals surface area contributed by atoms with Gasteiger partial charge in [0.1, 0.15) is 22.7 Å². The van der Waals surface area contributed by atoms with E-state index < -0.39 is 23.9 Å². The SMILES string of the molecule is CCn1cc(C(=O)OCC(=O)Nc2cccc(Oc3ccccc3)c2)c(=O)c2ccc(C)nc21. The van der Waals surface area contributed by atoms with Crippen LogP contribution in [0.4, 0.5) is 5.69 Å². The first-order valence-corrected chi connectivity index (χ1v) is 10.8.